The van der Waals surface area contributed by atoms with Crippen molar-refractivity contribution in [1.29, 1.82) is 0 Å². The Balaban J connectivity index is 3.02. The number of hydrogen-bond acceptors (Lipinski definition) is 4. The molecular weight excluding hydrogens is 282 g/mol. The molecule has 1 aromatic rings. The van der Waals surface area contributed by atoms with Crippen LogP contribution in [0.1, 0.15) is 20.8 Å². The van der Waals surface area contributed by atoms with Crippen molar-refractivity contribution in [3.63, 3.8) is 0 Å². The van der Waals surface area contributed by atoms with E-state index >= 15 is 0 Å². The summed E-state index contributed by atoms with van der Waals surface area (Å²) in [5, 5.41) is 10.3. The number of methoxy groups -OCH3 is 1. The lowest BCUT2D eigenvalue weighted by atomic mass is 10.1. The molecule has 0 aliphatic rings. The van der Waals surface area contributed by atoms with Gasteiger partial charge in [0.2, 0.25) is 10.0 Å². The van der Waals surface area contributed by atoms with Crippen molar-refractivity contribution in [3.05, 3.63) is 18.2 Å². The van der Waals surface area contributed by atoms with Gasteiger partial charge in [0, 0.05) is 11.2 Å². The minimum absolute atomic E-state index is 0.120. The second-order valence-corrected chi connectivity index (χ2v) is 6.77. The first-order valence-corrected chi connectivity index (χ1v) is 7.37. The van der Waals surface area contributed by atoms with E-state index in [1.54, 1.807) is 0 Å². The lowest BCUT2D eigenvalue weighted by molar-refractivity contribution is 0.244. The Kier molecular flexibility index (Phi) is 4.61. The molecule has 0 saturated carbocycles. The summed E-state index contributed by atoms with van der Waals surface area (Å²) in [6.45, 7) is 5.49. The molecule has 0 heterocycles. The van der Waals surface area contributed by atoms with Crippen molar-refractivity contribution in [3.8, 4) is 5.75 Å². The second kappa shape index (κ2) is 5.68. The number of nitrogens with one attached hydrogen (secondary N) is 2. The lowest BCUT2D eigenvalue weighted by Crippen LogP contribution is -2.43. The third-order valence-electron chi connectivity index (χ3n) is 2.22. The van der Waals surface area contributed by atoms with Gasteiger partial charge in [-0.25, -0.2) is 18.4 Å². The average Bonchev–Trinajstić information content (AvgIpc) is 2.25. The summed E-state index contributed by atoms with van der Waals surface area (Å²) in [5.74, 6) is 0.120. The first kappa shape index (κ1) is 16.3. The Morgan fingerprint density at radius 2 is 1.90 bits per heavy atom. The molecule has 0 aliphatic carbocycles. The SMILES string of the molecule is COc1ccc(NC(=O)NC(C)(C)C)cc1S(N)(=O)=O. The Bertz CT molecular complexity index is 606. The van der Waals surface area contributed by atoms with Crippen molar-refractivity contribution in [2.45, 2.75) is 31.2 Å². The van der Waals surface area contributed by atoms with Crippen LogP contribution in [-0.2, 0) is 10.0 Å². The van der Waals surface area contributed by atoms with Crippen LogP contribution in [0.25, 0.3) is 0 Å². The quantitative estimate of drug-likeness (QED) is 0.780. The number of anilines is 1. The van der Waals surface area contributed by atoms with Crippen LogP contribution in [0.15, 0.2) is 23.1 Å². The van der Waals surface area contributed by atoms with Crippen LogP contribution >= 0.6 is 0 Å². The van der Waals surface area contributed by atoms with Gasteiger partial charge in [-0.15, -0.1) is 0 Å². The molecule has 0 bridgehead atoms. The minimum atomic E-state index is -3.94. The van der Waals surface area contributed by atoms with Crippen molar-refractivity contribution < 1.29 is 17.9 Å². The Hall–Kier alpha value is -1.80. The number of primary sulfonamides is 1. The number of urea groups is 1. The van der Waals surface area contributed by atoms with E-state index in [-0.39, 0.29) is 10.6 Å². The molecule has 0 fully saturated rings. The van der Waals surface area contributed by atoms with Crippen molar-refractivity contribution in [2.24, 2.45) is 5.14 Å². The van der Waals surface area contributed by atoms with Crippen LogP contribution in [0.4, 0.5) is 10.5 Å². The van der Waals surface area contributed by atoms with Gasteiger partial charge in [-0.2, -0.15) is 0 Å². The van der Waals surface area contributed by atoms with E-state index in [4.69, 9.17) is 9.88 Å². The van der Waals surface area contributed by atoms with Crippen LogP contribution in [0.2, 0.25) is 0 Å². The maximum absolute atomic E-state index is 11.7. The molecule has 4 N–H and O–H groups in total. The van der Waals surface area contributed by atoms with Gasteiger partial charge in [0.15, 0.2) is 0 Å². The second-order valence-electron chi connectivity index (χ2n) is 5.24. The number of hydrogen-bond donors (Lipinski definition) is 3. The number of sulfonamides is 1. The zero-order valence-corrected chi connectivity index (χ0v) is 12.7. The van der Waals surface area contributed by atoms with Crippen LogP contribution < -0.4 is 20.5 Å². The highest BCUT2D eigenvalue weighted by Gasteiger charge is 2.18. The van der Waals surface area contributed by atoms with Crippen LogP contribution in [0.3, 0.4) is 0 Å². The fourth-order valence-electron chi connectivity index (χ4n) is 1.48. The molecule has 112 valence electrons. The third kappa shape index (κ3) is 4.71. The van der Waals surface area contributed by atoms with Gasteiger partial charge >= 0.3 is 6.03 Å². The molecule has 0 radical (unpaired) electrons. The zero-order chi connectivity index (χ0) is 15.6. The van der Waals surface area contributed by atoms with E-state index in [0.717, 1.165) is 0 Å². The number of benzene rings is 1. The molecule has 20 heavy (non-hydrogen) atoms. The van der Waals surface area contributed by atoms with Gasteiger partial charge in [-0.1, -0.05) is 0 Å². The number of ether oxygens (including phenoxy) is 1. The molecule has 8 heteroatoms. The Morgan fingerprint density at radius 1 is 1.30 bits per heavy atom. The maximum Gasteiger partial charge on any atom is 0.319 e. The zero-order valence-electron chi connectivity index (χ0n) is 11.9. The number of carbonyl (C=O) groups is 1. The highest BCUT2D eigenvalue weighted by molar-refractivity contribution is 7.89. The van der Waals surface area contributed by atoms with Crippen molar-refractivity contribution >= 4 is 21.7 Å². The van der Waals surface area contributed by atoms with E-state index in [1.807, 2.05) is 20.8 Å². The molecule has 7 nitrogen and oxygen atoms in total. The van der Waals surface area contributed by atoms with Crippen LogP contribution in [-0.4, -0.2) is 27.1 Å². The fraction of sp³-hybridized carbons (Fsp3) is 0.417. The lowest BCUT2D eigenvalue weighted by Gasteiger charge is -2.21. The number of rotatable bonds is 3. The van der Waals surface area contributed by atoms with Gasteiger partial charge in [-0.3, -0.25) is 0 Å². The van der Waals surface area contributed by atoms with Gasteiger partial charge < -0.3 is 15.4 Å². The molecule has 1 aromatic carbocycles. The number of amides is 2. The van der Waals surface area contributed by atoms with Gasteiger partial charge in [-0.05, 0) is 39.0 Å². The van der Waals surface area contributed by atoms with Gasteiger partial charge in [0.25, 0.3) is 0 Å². The minimum Gasteiger partial charge on any atom is -0.495 e. The molecule has 0 spiro atoms. The van der Waals surface area contributed by atoms with Gasteiger partial charge in [0.1, 0.15) is 10.6 Å². The topological polar surface area (TPSA) is 111 Å². The van der Waals surface area contributed by atoms with Gasteiger partial charge in [0.05, 0.1) is 7.11 Å². The largest absolute Gasteiger partial charge is 0.495 e. The molecule has 0 saturated heterocycles. The van der Waals surface area contributed by atoms with Crippen LogP contribution in [0, 0.1) is 0 Å². The van der Waals surface area contributed by atoms with Crippen molar-refractivity contribution in [1.82, 2.24) is 5.32 Å². The summed E-state index contributed by atoms with van der Waals surface area (Å²) < 4.78 is 27.8. The molecule has 0 unspecified atom stereocenters. The summed E-state index contributed by atoms with van der Waals surface area (Å²) in [6, 6.07) is 3.75. The third-order valence-corrected chi connectivity index (χ3v) is 3.15. The predicted octanol–water partition coefficient (Wildman–Crippen LogP) is 1.26. The van der Waals surface area contributed by atoms with Crippen molar-refractivity contribution in [2.75, 3.05) is 12.4 Å². The monoisotopic (exact) mass is 301 g/mol. The van der Waals surface area contributed by atoms with Crippen LogP contribution in [0.5, 0.6) is 5.75 Å². The highest BCUT2D eigenvalue weighted by Crippen LogP contribution is 2.26. The normalized spacial score (nSPS) is 11.8. The summed E-state index contributed by atoms with van der Waals surface area (Å²) in [6.07, 6.45) is 0. The number of carbonyl (C=O) groups excluding carboxylic acids is 1. The molecule has 0 aliphatic heterocycles. The molecular formula is C12H19N3O4S. The molecule has 2 amide bonds. The fourth-order valence-corrected chi connectivity index (χ4v) is 2.20. The van der Waals surface area contributed by atoms with E-state index in [1.165, 1.54) is 25.3 Å². The molecule has 1 rings (SSSR count). The summed E-state index contributed by atoms with van der Waals surface area (Å²) in [7, 11) is -2.60. The van der Waals surface area contributed by atoms with E-state index in [2.05, 4.69) is 10.6 Å². The standard InChI is InChI=1S/C12H19N3O4S/c1-12(2,3)15-11(16)14-8-5-6-9(19-4)10(7-8)20(13,17)18/h5-7H,1-4H3,(H2,13,17,18)(H2,14,15,16). The van der Waals surface area contributed by atoms with E-state index < -0.39 is 21.6 Å². The predicted molar refractivity (Wildman–Crippen MR) is 76.3 cm³/mol. The number of nitrogens with two attached hydrogens (primary N) is 1. The maximum atomic E-state index is 11.7. The Morgan fingerprint density at radius 3 is 2.35 bits per heavy atom. The van der Waals surface area contributed by atoms with E-state index in [0.29, 0.717) is 5.69 Å². The first-order chi connectivity index (χ1) is 9.03. The summed E-state index contributed by atoms with van der Waals surface area (Å²) in [5.41, 5.74) is -0.101. The smallest absolute Gasteiger partial charge is 0.319 e. The Labute approximate surface area is 118 Å². The molecule has 0 atom stereocenters. The first-order valence-electron chi connectivity index (χ1n) is 5.83. The molecule has 0 aromatic heterocycles. The van der Waals surface area contributed by atoms with E-state index in [9.17, 15) is 13.2 Å². The average molecular weight is 301 g/mol. The summed E-state index contributed by atoms with van der Waals surface area (Å²) >= 11 is 0. The summed E-state index contributed by atoms with van der Waals surface area (Å²) in [4.78, 5) is 11.5. The highest BCUT2D eigenvalue weighted by atomic mass is 32.2.